The number of rotatable bonds is 1. The third-order valence-electron chi connectivity index (χ3n) is 17.3. The zero-order valence-electron chi connectivity index (χ0n) is 48.6. The molecule has 0 amide bonds. The monoisotopic (exact) mass is 991 g/mol. The van der Waals surface area contributed by atoms with Gasteiger partial charge in [0.1, 0.15) is 0 Å². The van der Waals surface area contributed by atoms with Gasteiger partial charge in [0.2, 0.25) is 0 Å². The Balaban J connectivity index is -0.000000240. The SMILES string of the molecule is C.C.C.C.C1CCCCCCC1.CC.CC.CC1CCCC(C)CCC1.CC1CCCC(C2CCCCCCC2)CCC1.CC1CCCCCCC1.CC1CCCCCCC1.CC1CCCCCCC1. The zero-order chi connectivity index (χ0) is 48.6. The van der Waals surface area contributed by atoms with Crippen LogP contribution >= 0.6 is 0 Å². The molecule has 0 atom stereocenters. The van der Waals surface area contributed by atoms with Crippen LogP contribution < -0.4 is 0 Å². The fourth-order valence-electron chi connectivity index (χ4n) is 12.5. The quantitative estimate of drug-likeness (QED) is 0.246. The molecule has 0 unspecified atom stereocenters. The van der Waals surface area contributed by atoms with Crippen LogP contribution in [0.4, 0.5) is 0 Å². The average Bonchev–Trinajstić information content (AvgIpc) is 3.25. The van der Waals surface area contributed by atoms with E-state index in [0.29, 0.717) is 0 Å². The summed E-state index contributed by atoms with van der Waals surface area (Å²) in [5, 5.41) is 0. The predicted octanol–water partition coefficient (Wildman–Crippen LogP) is 27.4. The molecule has 70 heavy (non-hydrogen) atoms. The molecule has 0 aromatic carbocycles. The predicted molar refractivity (Wildman–Crippen MR) is 333 cm³/mol. The minimum Gasteiger partial charge on any atom is -0.0776 e. The summed E-state index contributed by atoms with van der Waals surface area (Å²) in [4.78, 5) is 0. The van der Waals surface area contributed by atoms with Crippen molar-refractivity contribution < 1.29 is 0 Å². The van der Waals surface area contributed by atoms with Crippen LogP contribution in [-0.4, -0.2) is 0 Å². The smallest absolute Gasteiger partial charge is 0.0386 e. The molecule has 0 radical (unpaired) electrons. The lowest BCUT2D eigenvalue weighted by Gasteiger charge is -2.31. The molecule has 7 saturated carbocycles. The highest BCUT2D eigenvalue weighted by Crippen LogP contribution is 2.37. The van der Waals surface area contributed by atoms with Gasteiger partial charge in [-0.2, -0.15) is 0 Å². The van der Waals surface area contributed by atoms with Gasteiger partial charge >= 0.3 is 0 Å². The molecule has 0 bridgehead atoms. The second-order valence-corrected chi connectivity index (χ2v) is 24.1. The van der Waals surface area contributed by atoms with Gasteiger partial charge in [0.15, 0.2) is 0 Å². The Bertz CT molecular complexity index is 755. The molecule has 0 aliphatic heterocycles. The van der Waals surface area contributed by atoms with E-state index in [2.05, 4.69) is 41.5 Å². The van der Waals surface area contributed by atoms with Crippen molar-refractivity contribution in [3.8, 4) is 0 Å². The summed E-state index contributed by atoms with van der Waals surface area (Å²) in [5.41, 5.74) is 0. The largest absolute Gasteiger partial charge is 0.0776 e. The van der Waals surface area contributed by atoms with E-state index in [9.17, 15) is 0 Å². The lowest BCUT2D eigenvalue weighted by atomic mass is 9.75. The standard InChI is InChI=1S/C17H32.C10H20.3C9H18.C8H16.2C2H6.4CH4/c1-15-9-7-13-17(14-8-10-15)16-11-5-3-2-4-6-12-16;1-9-5-3-7-10(2)8-4-6-9;3*1-9-7-5-3-2-4-6-8-9;1-2-4-6-8-7-5-3-1;2*1-2;;;;/h15-17H,2-14H2,1H3;9-10H,3-8H2,1-2H3;3*9H,2-8H2,1H3;1-8H2;2*1-2H3;4*1H4. The molecule has 7 aliphatic carbocycles. The third kappa shape index (κ3) is 52.8. The summed E-state index contributed by atoms with van der Waals surface area (Å²) in [7, 11) is 0. The van der Waals surface area contributed by atoms with Crippen molar-refractivity contribution >= 4 is 0 Å². The maximum Gasteiger partial charge on any atom is -0.0386 e. The topological polar surface area (TPSA) is 0 Å². The highest BCUT2D eigenvalue weighted by molar-refractivity contribution is 4.75. The minimum absolute atomic E-state index is 0. The van der Waals surface area contributed by atoms with E-state index >= 15 is 0 Å². The molecule has 0 saturated heterocycles. The summed E-state index contributed by atoms with van der Waals surface area (Å²) < 4.78 is 0. The van der Waals surface area contributed by atoms with Crippen LogP contribution in [0.5, 0.6) is 0 Å². The molecule has 0 heterocycles. The summed E-state index contributed by atoms with van der Waals surface area (Å²) in [5.74, 6) is 8.28. The van der Waals surface area contributed by atoms with Gasteiger partial charge in [-0.3, -0.25) is 0 Å². The highest BCUT2D eigenvalue weighted by atomic mass is 14.3. The number of hydrogen-bond acceptors (Lipinski definition) is 0. The highest BCUT2D eigenvalue weighted by Gasteiger charge is 2.23. The molecule has 7 rings (SSSR count). The van der Waals surface area contributed by atoms with Gasteiger partial charge in [0, 0.05) is 0 Å². The van der Waals surface area contributed by atoms with E-state index in [1.54, 1.807) is 25.7 Å². The van der Waals surface area contributed by atoms with E-state index in [1.807, 2.05) is 27.7 Å². The first kappa shape index (κ1) is 78.9. The summed E-state index contributed by atoms with van der Waals surface area (Å²) in [6, 6.07) is 0. The molecular weight excluding hydrogens is 841 g/mol. The molecule has 0 heteroatoms. The molecule has 0 aromatic rings. The van der Waals surface area contributed by atoms with Crippen molar-refractivity contribution in [2.24, 2.45) is 47.3 Å². The molecule has 0 spiro atoms. The summed E-state index contributed by atoms with van der Waals surface area (Å²) in [6.45, 7) is 22.4. The first-order valence-corrected chi connectivity index (χ1v) is 32.3. The van der Waals surface area contributed by atoms with Gasteiger partial charge in [-0.25, -0.2) is 0 Å². The van der Waals surface area contributed by atoms with E-state index in [-0.39, 0.29) is 29.7 Å². The Morgan fingerprint density at radius 1 is 0.143 bits per heavy atom. The number of hydrogen-bond donors (Lipinski definition) is 0. The molecule has 430 valence electrons. The maximum absolute atomic E-state index is 2.45. The van der Waals surface area contributed by atoms with E-state index in [4.69, 9.17) is 0 Å². The van der Waals surface area contributed by atoms with E-state index in [1.165, 1.54) is 283 Å². The average molecular weight is 992 g/mol. The summed E-state index contributed by atoms with van der Waals surface area (Å²) >= 11 is 0. The Morgan fingerprint density at radius 2 is 0.243 bits per heavy atom. The van der Waals surface area contributed by atoms with Crippen molar-refractivity contribution in [3.05, 3.63) is 0 Å². The van der Waals surface area contributed by atoms with Gasteiger partial charge in [-0.1, -0.05) is 407 Å². The third-order valence-corrected chi connectivity index (χ3v) is 17.3. The van der Waals surface area contributed by atoms with Crippen LogP contribution in [0.1, 0.15) is 407 Å². The van der Waals surface area contributed by atoms with Gasteiger partial charge < -0.3 is 0 Å². The van der Waals surface area contributed by atoms with Crippen LogP contribution in [0.3, 0.4) is 0 Å². The molecule has 0 nitrogen and oxygen atoms in total. The first-order valence-electron chi connectivity index (χ1n) is 32.3. The fourth-order valence-corrected chi connectivity index (χ4v) is 12.5. The van der Waals surface area contributed by atoms with Gasteiger partial charge in [-0.15, -0.1) is 0 Å². The molecular formula is C70H150. The Hall–Kier alpha value is 0. The van der Waals surface area contributed by atoms with Crippen molar-refractivity contribution in [1.82, 2.24) is 0 Å². The van der Waals surface area contributed by atoms with Gasteiger partial charge in [-0.05, 0) is 47.3 Å². The fraction of sp³-hybridized carbons (Fsp3) is 1.00. The van der Waals surface area contributed by atoms with Crippen LogP contribution in [0, 0.1) is 47.3 Å². The Labute approximate surface area is 452 Å². The second kappa shape index (κ2) is 61.5. The molecule has 0 aromatic heterocycles. The minimum atomic E-state index is 0. The molecule has 7 fully saturated rings. The van der Waals surface area contributed by atoms with Gasteiger partial charge in [0.25, 0.3) is 0 Å². The molecule has 0 N–H and O–H groups in total. The zero-order valence-corrected chi connectivity index (χ0v) is 48.6. The Kier molecular flexibility index (Phi) is 69.4. The van der Waals surface area contributed by atoms with Crippen molar-refractivity contribution in [2.75, 3.05) is 0 Å². The lowest BCUT2D eigenvalue weighted by Crippen LogP contribution is -2.18. The first-order chi connectivity index (χ1) is 32.3. The van der Waals surface area contributed by atoms with Crippen molar-refractivity contribution in [3.63, 3.8) is 0 Å². The summed E-state index contributed by atoms with van der Waals surface area (Å²) in [6.07, 6.45) is 72.0. The van der Waals surface area contributed by atoms with Crippen LogP contribution in [0.15, 0.2) is 0 Å². The van der Waals surface area contributed by atoms with Crippen molar-refractivity contribution in [2.45, 2.75) is 407 Å². The molecule has 7 aliphatic rings. The van der Waals surface area contributed by atoms with Crippen LogP contribution in [0.25, 0.3) is 0 Å². The van der Waals surface area contributed by atoms with Gasteiger partial charge in [0.05, 0.1) is 0 Å². The second-order valence-electron chi connectivity index (χ2n) is 24.1. The lowest BCUT2D eigenvalue weighted by molar-refractivity contribution is 0.210. The normalized spacial score (nSPS) is 26.1. The van der Waals surface area contributed by atoms with Crippen LogP contribution in [0.2, 0.25) is 0 Å². The van der Waals surface area contributed by atoms with Crippen LogP contribution in [-0.2, 0) is 0 Å². The van der Waals surface area contributed by atoms with E-state index < -0.39 is 0 Å². The van der Waals surface area contributed by atoms with E-state index in [0.717, 1.165) is 47.3 Å². The Morgan fingerprint density at radius 3 is 0.414 bits per heavy atom. The maximum atomic E-state index is 2.45. The van der Waals surface area contributed by atoms with Crippen molar-refractivity contribution in [1.29, 1.82) is 0 Å².